The topological polar surface area (TPSA) is 59.1 Å². The third-order valence-electron chi connectivity index (χ3n) is 5.19. The van der Waals surface area contributed by atoms with E-state index in [0.29, 0.717) is 4.90 Å². The molecule has 0 aliphatic carbocycles. The van der Waals surface area contributed by atoms with Gasteiger partial charge >= 0.3 is 0 Å². The van der Waals surface area contributed by atoms with Gasteiger partial charge in [0.2, 0.25) is 0 Å². The largest absolute Gasteiger partial charge is 0.300 e. The summed E-state index contributed by atoms with van der Waals surface area (Å²) in [5.74, 6) is 0.143. The number of pyridine rings is 1. The van der Waals surface area contributed by atoms with Crippen LogP contribution in [0.15, 0.2) is 53.7 Å². The fourth-order valence-electron chi connectivity index (χ4n) is 3.72. The van der Waals surface area contributed by atoms with Crippen molar-refractivity contribution in [3.63, 3.8) is 0 Å². The number of fused-ring (bicyclic) bond motifs is 1. The lowest BCUT2D eigenvalue weighted by Crippen LogP contribution is -2.50. The number of hydrogen-bond acceptors (Lipinski definition) is 4. The van der Waals surface area contributed by atoms with Gasteiger partial charge in [0.25, 0.3) is 0 Å². The fourth-order valence-corrected chi connectivity index (χ4v) is 5.87. The van der Waals surface area contributed by atoms with Crippen molar-refractivity contribution in [2.24, 2.45) is 0 Å². The van der Waals surface area contributed by atoms with Crippen LogP contribution < -0.4 is 5.32 Å². The van der Waals surface area contributed by atoms with Crippen LogP contribution in [0.3, 0.4) is 0 Å². The molecule has 5 heteroatoms. The third kappa shape index (κ3) is 3.62. The number of sulfone groups is 1. The zero-order valence-corrected chi connectivity index (χ0v) is 15.7. The first-order chi connectivity index (χ1) is 12.0. The summed E-state index contributed by atoms with van der Waals surface area (Å²) in [6.45, 7) is 4.22. The van der Waals surface area contributed by atoms with Gasteiger partial charge in [-0.15, -0.1) is 0 Å². The number of benzene rings is 1. The van der Waals surface area contributed by atoms with E-state index in [1.807, 2.05) is 36.5 Å². The number of rotatable bonds is 5. The van der Waals surface area contributed by atoms with Gasteiger partial charge in [0.15, 0.2) is 9.84 Å². The first kappa shape index (κ1) is 18.1. The quantitative estimate of drug-likeness (QED) is 0.881. The SMILES string of the molecule is CCCC[C@]1(CC)CS(=O)(=O)c2ccccc2[C@H](c2cccnc2)N1. The zero-order chi connectivity index (χ0) is 17.9. The van der Waals surface area contributed by atoms with E-state index in [1.54, 1.807) is 12.3 Å². The highest BCUT2D eigenvalue weighted by molar-refractivity contribution is 7.91. The standard InChI is InChI=1S/C20H26N2O2S/c1-3-5-12-20(4-2)15-25(23,24)18-11-7-6-10-17(18)19(22-20)16-9-8-13-21-14-16/h6-11,13-14,19,22H,3-5,12,15H2,1-2H3/t19-,20+/m0/s1. The summed E-state index contributed by atoms with van der Waals surface area (Å²) in [4.78, 5) is 4.69. The van der Waals surface area contributed by atoms with E-state index in [-0.39, 0.29) is 11.8 Å². The predicted molar refractivity (Wildman–Crippen MR) is 100 cm³/mol. The summed E-state index contributed by atoms with van der Waals surface area (Å²) in [7, 11) is -3.35. The summed E-state index contributed by atoms with van der Waals surface area (Å²) in [5, 5.41) is 3.72. The highest BCUT2D eigenvalue weighted by Gasteiger charge is 2.41. The van der Waals surface area contributed by atoms with Crippen molar-refractivity contribution in [3.8, 4) is 0 Å². The van der Waals surface area contributed by atoms with Crippen molar-refractivity contribution in [3.05, 3.63) is 59.9 Å². The number of unbranched alkanes of at least 4 members (excludes halogenated alkanes) is 1. The third-order valence-corrected chi connectivity index (χ3v) is 7.16. The molecule has 25 heavy (non-hydrogen) atoms. The lowest BCUT2D eigenvalue weighted by Gasteiger charge is -2.35. The molecule has 0 amide bonds. The lowest BCUT2D eigenvalue weighted by molar-refractivity contribution is 0.294. The molecule has 0 fully saturated rings. The summed E-state index contributed by atoms with van der Waals surface area (Å²) >= 11 is 0. The average Bonchev–Trinajstić information content (AvgIpc) is 2.74. The number of aromatic nitrogens is 1. The molecule has 0 saturated carbocycles. The van der Waals surface area contributed by atoms with Gasteiger partial charge in [-0.2, -0.15) is 0 Å². The lowest BCUT2D eigenvalue weighted by atomic mass is 9.88. The van der Waals surface area contributed by atoms with Crippen molar-refractivity contribution in [1.82, 2.24) is 10.3 Å². The Morgan fingerprint density at radius 2 is 2.00 bits per heavy atom. The maximum Gasteiger partial charge on any atom is 0.180 e. The van der Waals surface area contributed by atoms with E-state index in [2.05, 4.69) is 24.1 Å². The van der Waals surface area contributed by atoms with Gasteiger partial charge in [0.1, 0.15) is 0 Å². The summed E-state index contributed by atoms with van der Waals surface area (Å²) in [5.41, 5.74) is 1.40. The van der Waals surface area contributed by atoms with Crippen molar-refractivity contribution >= 4 is 9.84 Å². The van der Waals surface area contributed by atoms with Crippen molar-refractivity contribution in [1.29, 1.82) is 0 Å². The molecule has 4 nitrogen and oxygen atoms in total. The molecule has 0 saturated heterocycles. The van der Waals surface area contributed by atoms with Gasteiger partial charge in [-0.3, -0.25) is 10.3 Å². The van der Waals surface area contributed by atoms with E-state index >= 15 is 0 Å². The van der Waals surface area contributed by atoms with E-state index in [9.17, 15) is 8.42 Å². The normalized spacial score (nSPS) is 25.1. The Morgan fingerprint density at radius 3 is 2.68 bits per heavy atom. The van der Waals surface area contributed by atoms with Crippen LogP contribution in [-0.2, 0) is 9.84 Å². The van der Waals surface area contributed by atoms with E-state index < -0.39 is 15.4 Å². The van der Waals surface area contributed by atoms with Crippen molar-refractivity contribution in [2.45, 2.75) is 56.0 Å². The van der Waals surface area contributed by atoms with Gasteiger partial charge in [-0.05, 0) is 36.1 Å². The Bertz CT molecular complexity index is 821. The van der Waals surface area contributed by atoms with Crippen LogP contribution in [0.2, 0.25) is 0 Å². The maximum absolute atomic E-state index is 13.2. The van der Waals surface area contributed by atoms with Gasteiger partial charge in [-0.25, -0.2) is 8.42 Å². The van der Waals surface area contributed by atoms with Crippen LogP contribution in [0, 0.1) is 0 Å². The molecule has 0 radical (unpaired) electrons. The molecule has 3 rings (SSSR count). The van der Waals surface area contributed by atoms with Crippen LogP contribution in [0.25, 0.3) is 0 Å². The van der Waals surface area contributed by atoms with Crippen LogP contribution in [-0.4, -0.2) is 24.7 Å². The molecule has 1 aliphatic rings. The highest BCUT2D eigenvalue weighted by atomic mass is 32.2. The number of nitrogens with one attached hydrogen (secondary N) is 1. The molecule has 1 aromatic heterocycles. The molecule has 134 valence electrons. The molecule has 0 unspecified atom stereocenters. The van der Waals surface area contributed by atoms with E-state index in [1.165, 1.54) is 0 Å². The van der Waals surface area contributed by atoms with Gasteiger partial charge in [-0.1, -0.05) is 51.0 Å². The average molecular weight is 359 g/mol. The molecule has 2 atom stereocenters. The predicted octanol–water partition coefficient (Wildman–Crippen LogP) is 3.89. The Labute approximate surface area is 150 Å². The number of nitrogens with zero attached hydrogens (tertiary/aromatic N) is 1. The Morgan fingerprint density at radius 1 is 1.20 bits per heavy atom. The van der Waals surface area contributed by atoms with Crippen LogP contribution in [0.5, 0.6) is 0 Å². The van der Waals surface area contributed by atoms with Crippen LogP contribution in [0.4, 0.5) is 0 Å². The number of hydrogen-bond donors (Lipinski definition) is 1. The first-order valence-corrected chi connectivity index (χ1v) is 10.7. The van der Waals surface area contributed by atoms with Gasteiger partial charge in [0, 0.05) is 17.9 Å². The molecule has 0 spiro atoms. The molecule has 1 aliphatic heterocycles. The van der Waals surface area contributed by atoms with E-state index in [0.717, 1.165) is 36.8 Å². The Hall–Kier alpha value is -1.72. The second-order valence-electron chi connectivity index (χ2n) is 6.90. The minimum atomic E-state index is -3.35. The molecule has 1 aromatic carbocycles. The zero-order valence-electron chi connectivity index (χ0n) is 14.9. The van der Waals surface area contributed by atoms with Crippen molar-refractivity contribution < 1.29 is 8.42 Å². The summed E-state index contributed by atoms with van der Waals surface area (Å²) in [6.07, 6.45) is 7.25. The molecular weight excluding hydrogens is 332 g/mol. The second kappa shape index (κ2) is 7.26. The van der Waals surface area contributed by atoms with Crippen LogP contribution >= 0.6 is 0 Å². The molecule has 2 aromatic rings. The summed E-state index contributed by atoms with van der Waals surface area (Å²) in [6, 6.07) is 11.1. The Kier molecular flexibility index (Phi) is 5.25. The first-order valence-electron chi connectivity index (χ1n) is 9.00. The second-order valence-corrected chi connectivity index (χ2v) is 8.86. The minimum absolute atomic E-state index is 0.143. The van der Waals surface area contributed by atoms with Crippen molar-refractivity contribution in [2.75, 3.05) is 5.75 Å². The summed E-state index contributed by atoms with van der Waals surface area (Å²) < 4.78 is 26.3. The molecule has 1 N–H and O–H groups in total. The maximum atomic E-state index is 13.2. The van der Waals surface area contributed by atoms with Crippen LogP contribution in [0.1, 0.15) is 56.7 Å². The smallest absolute Gasteiger partial charge is 0.180 e. The minimum Gasteiger partial charge on any atom is -0.300 e. The molecular formula is C20H26N2O2S. The Balaban J connectivity index is 2.17. The van der Waals surface area contributed by atoms with Gasteiger partial charge < -0.3 is 0 Å². The highest BCUT2D eigenvalue weighted by Crippen LogP contribution is 2.37. The molecule has 2 heterocycles. The van der Waals surface area contributed by atoms with Gasteiger partial charge in [0.05, 0.1) is 16.7 Å². The molecule has 0 bridgehead atoms. The monoisotopic (exact) mass is 358 g/mol. The fraction of sp³-hybridized carbons (Fsp3) is 0.450. The van der Waals surface area contributed by atoms with E-state index in [4.69, 9.17) is 0 Å².